The molecule has 7 nitrogen and oxygen atoms in total. The number of aliphatic imine (C=N–C) groups is 1. The summed E-state index contributed by atoms with van der Waals surface area (Å²) in [5.41, 5.74) is 1.22. The molecule has 152 valence electrons. The molecule has 1 fully saturated rings. The fraction of sp³-hybridized carbons (Fsp3) is 0.400. The molecule has 0 spiro atoms. The van der Waals surface area contributed by atoms with Crippen LogP contribution in [0.3, 0.4) is 0 Å². The normalized spacial score (nSPS) is 14.4. The molecule has 2 heterocycles. The number of benzene rings is 1. The minimum absolute atomic E-state index is 0. The van der Waals surface area contributed by atoms with Crippen LogP contribution < -0.4 is 15.5 Å². The maximum Gasteiger partial charge on any atom is 0.242 e. The Morgan fingerprint density at radius 2 is 1.68 bits per heavy atom. The van der Waals surface area contributed by atoms with E-state index in [0.29, 0.717) is 5.96 Å². The molecular formula is C20H29IN6O. The summed E-state index contributed by atoms with van der Waals surface area (Å²) in [6, 6.07) is 14.4. The number of amides is 1. The summed E-state index contributed by atoms with van der Waals surface area (Å²) in [6.45, 7) is 5.07. The predicted octanol–water partition coefficient (Wildman–Crippen LogP) is 1.62. The molecule has 1 amide bonds. The Hall–Kier alpha value is -2.23. The maximum absolute atomic E-state index is 12.5. The van der Waals surface area contributed by atoms with Crippen molar-refractivity contribution >= 4 is 41.5 Å². The Morgan fingerprint density at radius 1 is 1.00 bits per heavy atom. The second-order valence-corrected chi connectivity index (χ2v) is 6.48. The highest BCUT2D eigenvalue weighted by molar-refractivity contribution is 14.0. The van der Waals surface area contributed by atoms with Crippen molar-refractivity contribution in [1.82, 2.24) is 20.1 Å². The Morgan fingerprint density at radius 3 is 2.32 bits per heavy atom. The standard InChI is InChI=1S/C20H28N6O.HI/c1-21-20(22-9-12-24-10-5-6-11-24)23-17-19(27)26-15-13-25(14-16-26)18-7-3-2-4-8-18;/h2-8,10-11H,9,12-17H2,1H3,(H2,21,22,23);1H. The number of nitrogens with zero attached hydrogens (tertiary/aromatic N) is 4. The van der Waals surface area contributed by atoms with Crippen molar-refractivity contribution in [3.8, 4) is 0 Å². The summed E-state index contributed by atoms with van der Waals surface area (Å²) in [4.78, 5) is 20.9. The van der Waals surface area contributed by atoms with Crippen LogP contribution in [0.15, 0.2) is 59.9 Å². The lowest BCUT2D eigenvalue weighted by Gasteiger charge is -2.36. The number of carbonyl (C=O) groups is 1. The van der Waals surface area contributed by atoms with Gasteiger partial charge in [-0.3, -0.25) is 9.79 Å². The number of halogens is 1. The lowest BCUT2D eigenvalue weighted by atomic mass is 10.2. The second-order valence-electron chi connectivity index (χ2n) is 6.48. The van der Waals surface area contributed by atoms with Crippen LogP contribution in [0.2, 0.25) is 0 Å². The first kappa shape index (κ1) is 22.1. The van der Waals surface area contributed by atoms with Crippen molar-refractivity contribution in [1.29, 1.82) is 0 Å². The number of piperazine rings is 1. The van der Waals surface area contributed by atoms with E-state index in [1.165, 1.54) is 5.69 Å². The van der Waals surface area contributed by atoms with Crippen molar-refractivity contribution in [3.63, 3.8) is 0 Å². The fourth-order valence-electron chi connectivity index (χ4n) is 3.17. The SMILES string of the molecule is CN=C(NCCn1cccc1)NCC(=O)N1CCN(c2ccccc2)CC1.I. The topological polar surface area (TPSA) is 64.9 Å². The molecule has 1 aliphatic rings. The molecule has 2 N–H and O–H groups in total. The lowest BCUT2D eigenvalue weighted by molar-refractivity contribution is -0.130. The second kappa shape index (κ2) is 11.6. The van der Waals surface area contributed by atoms with Crippen molar-refractivity contribution in [2.24, 2.45) is 4.99 Å². The van der Waals surface area contributed by atoms with Crippen molar-refractivity contribution in [2.45, 2.75) is 6.54 Å². The molecule has 1 aromatic carbocycles. The third-order valence-electron chi connectivity index (χ3n) is 4.71. The fourth-order valence-corrected chi connectivity index (χ4v) is 3.17. The summed E-state index contributed by atoms with van der Waals surface area (Å²) < 4.78 is 2.09. The highest BCUT2D eigenvalue weighted by Crippen LogP contribution is 2.15. The summed E-state index contributed by atoms with van der Waals surface area (Å²) in [6.07, 6.45) is 4.05. The van der Waals surface area contributed by atoms with E-state index in [1.807, 2.05) is 47.6 Å². The Balaban J connectivity index is 0.00000280. The number of nitrogens with one attached hydrogen (secondary N) is 2. The molecule has 0 unspecified atom stereocenters. The van der Waals surface area contributed by atoms with Gasteiger partial charge in [0.1, 0.15) is 0 Å². The third-order valence-corrected chi connectivity index (χ3v) is 4.71. The third kappa shape index (κ3) is 6.43. The molecule has 3 rings (SSSR count). The zero-order valence-electron chi connectivity index (χ0n) is 16.3. The van der Waals surface area contributed by atoms with E-state index in [-0.39, 0.29) is 36.4 Å². The van der Waals surface area contributed by atoms with Gasteiger partial charge < -0.3 is 25.0 Å². The van der Waals surface area contributed by atoms with E-state index in [1.54, 1.807) is 7.05 Å². The Kier molecular flexibility index (Phi) is 9.12. The number of rotatable bonds is 6. The van der Waals surface area contributed by atoms with E-state index in [0.717, 1.165) is 39.3 Å². The van der Waals surface area contributed by atoms with E-state index >= 15 is 0 Å². The smallest absolute Gasteiger partial charge is 0.242 e. The average Bonchev–Trinajstić information content (AvgIpc) is 3.24. The number of hydrogen-bond acceptors (Lipinski definition) is 3. The highest BCUT2D eigenvalue weighted by Gasteiger charge is 2.21. The van der Waals surface area contributed by atoms with Gasteiger partial charge >= 0.3 is 0 Å². The molecule has 28 heavy (non-hydrogen) atoms. The van der Waals surface area contributed by atoms with E-state index in [2.05, 4.69) is 37.2 Å². The molecule has 0 radical (unpaired) electrons. The van der Waals surface area contributed by atoms with Crippen LogP contribution in [-0.2, 0) is 11.3 Å². The summed E-state index contributed by atoms with van der Waals surface area (Å²) in [7, 11) is 1.72. The van der Waals surface area contributed by atoms with Gasteiger partial charge in [-0.25, -0.2) is 0 Å². The summed E-state index contributed by atoms with van der Waals surface area (Å²) in [5.74, 6) is 0.759. The van der Waals surface area contributed by atoms with E-state index in [4.69, 9.17) is 0 Å². The molecule has 8 heteroatoms. The van der Waals surface area contributed by atoms with E-state index < -0.39 is 0 Å². The lowest BCUT2D eigenvalue weighted by Crippen LogP contribution is -2.52. The van der Waals surface area contributed by atoms with Crippen molar-refractivity contribution in [2.75, 3.05) is 51.2 Å². The number of carbonyl (C=O) groups excluding carboxylic acids is 1. The maximum atomic E-state index is 12.5. The van der Waals surface area contributed by atoms with Gasteiger partial charge in [0.05, 0.1) is 6.54 Å². The van der Waals surface area contributed by atoms with Gasteiger partial charge in [-0.1, -0.05) is 18.2 Å². The number of hydrogen-bond donors (Lipinski definition) is 2. The van der Waals surface area contributed by atoms with Crippen LogP contribution in [0.4, 0.5) is 5.69 Å². The van der Waals surface area contributed by atoms with Gasteiger partial charge in [-0.05, 0) is 24.3 Å². The summed E-state index contributed by atoms with van der Waals surface area (Å²) in [5, 5.41) is 6.35. The monoisotopic (exact) mass is 496 g/mol. The van der Waals surface area contributed by atoms with E-state index in [9.17, 15) is 4.79 Å². The zero-order valence-corrected chi connectivity index (χ0v) is 18.6. The molecule has 1 aromatic heterocycles. The molecule has 0 atom stereocenters. The number of aromatic nitrogens is 1. The minimum Gasteiger partial charge on any atom is -0.368 e. The number of guanidine groups is 1. The van der Waals surface area contributed by atoms with Crippen LogP contribution in [0.25, 0.3) is 0 Å². The largest absolute Gasteiger partial charge is 0.368 e. The van der Waals surface area contributed by atoms with Crippen molar-refractivity contribution < 1.29 is 4.79 Å². The predicted molar refractivity (Wildman–Crippen MR) is 124 cm³/mol. The number of para-hydroxylation sites is 1. The Bertz CT molecular complexity index is 726. The first-order valence-corrected chi connectivity index (χ1v) is 9.39. The molecule has 2 aromatic rings. The minimum atomic E-state index is 0. The molecule has 0 bridgehead atoms. The van der Waals surface area contributed by atoms with Crippen LogP contribution in [-0.4, -0.2) is 67.6 Å². The van der Waals surface area contributed by atoms with Gasteiger partial charge in [0.15, 0.2) is 5.96 Å². The van der Waals surface area contributed by atoms with Crippen LogP contribution in [0, 0.1) is 0 Å². The van der Waals surface area contributed by atoms with Crippen LogP contribution >= 0.6 is 24.0 Å². The molecule has 1 saturated heterocycles. The zero-order chi connectivity index (χ0) is 18.9. The molecule has 0 aliphatic carbocycles. The van der Waals surface area contributed by atoms with Gasteiger partial charge in [0, 0.05) is 64.4 Å². The van der Waals surface area contributed by atoms with Crippen LogP contribution in [0.5, 0.6) is 0 Å². The molecular weight excluding hydrogens is 467 g/mol. The highest BCUT2D eigenvalue weighted by atomic mass is 127. The van der Waals surface area contributed by atoms with Gasteiger partial charge in [-0.15, -0.1) is 24.0 Å². The van der Waals surface area contributed by atoms with Gasteiger partial charge in [-0.2, -0.15) is 0 Å². The number of anilines is 1. The van der Waals surface area contributed by atoms with Crippen LogP contribution in [0.1, 0.15) is 0 Å². The first-order chi connectivity index (χ1) is 13.3. The quantitative estimate of drug-likeness (QED) is 0.363. The first-order valence-electron chi connectivity index (χ1n) is 9.39. The van der Waals surface area contributed by atoms with Gasteiger partial charge in [0.25, 0.3) is 0 Å². The average molecular weight is 496 g/mol. The van der Waals surface area contributed by atoms with Gasteiger partial charge in [0.2, 0.25) is 5.91 Å². The Labute approximate surface area is 183 Å². The molecule has 1 aliphatic heterocycles. The van der Waals surface area contributed by atoms with Crippen molar-refractivity contribution in [3.05, 3.63) is 54.9 Å². The molecule has 0 saturated carbocycles. The summed E-state index contributed by atoms with van der Waals surface area (Å²) >= 11 is 0.